The first-order valence-corrected chi connectivity index (χ1v) is 4.90. The Morgan fingerprint density at radius 3 is 2.69 bits per heavy atom. The molecule has 0 aliphatic carbocycles. The van der Waals surface area contributed by atoms with E-state index in [1.54, 1.807) is 29.2 Å². The highest BCUT2D eigenvalue weighted by Crippen LogP contribution is 2.10. The van der Waals surface area contributed by atoms with Gasteiger partial charge in [0.2, 0.25) is 0 Å². The predicted octanol–water partition coefficient (Wildman–Crippen LogP) is 1.68. The number of aromatic nitrogens is 2. The van der Waals surface area contributed by atoms with Gasteiger partial charge in [-0.2, -0.15) is 5.10 Å². The molecular formula is C11H12FN3O. The van der Waals surface area contributed by atoms with Crippen LogP contribution in [-0.2, 0) is 6.54 Å². The van der Waals surface area contributed by atoms with Gasteiger partial charge < -0.3 is 10.5 Å². The van der Waals surface area contributed by atoms with Crippen molar-refractivity contribution in [2.24, 2.45) is 0 Å². The molecule has 0 aliphatic heterocycles. The number of halogens is 1. The van der Waals surface area contributed by atoms with Gasteiger partial charge in [-0.05, 0) is 24.3 Å². The second-order valence-electron chi connectivity index (χ2n) is 3.34. The van der Waals surface area contributed by atoms with Crippen LogP contribution in [-0.4, -0.2) is 16.4 Å². The van der Waals surface area contributed by atoms with Crippen molar-refractivity contribution < 1.29 is 9.13 Å². The Morgan fingerprint density at radius 2 is 2.06 bits per heavy atom. The lowest BCUT2D eigenvalue weighted by atomic mass is 10.3. The number of rotatable bonds is 4. The van der Waals surface area contributed by atoms with Crippen LogP contribution in [0.3, 0.4) is 0 Å². The Hall–Kier alpha value is -2.04. The molecule has 1 heterocycles. The summed E-state index contributed by atoms with van der Waals surface area (Å²) in [7, 11) is 0. The summed E-state index contributed by atoms with van der Waals surface area (Å²) >= 11 is 0. The maximum atomic E-state index is 12.6. The predicted molar refractivity (Wildman–Crippen MR) is 58.5 cm³/mol. The number of benzene rings is 1. The normalized spacial score (nSPS) is 10.3. The van der Waals surface area contributed by atoms with E-state index in [9.17, 15) is 4.39 Å². The van der Waals surface area contributed by atoms with Crippen LogP contribution in [0.2, 0.25) is 0 Å². The minimum atomic E-state index is -0.271. The van der Waals surface area contributed by atoms with Crippen LogP contribution in [0.1, 0.15) is 0 Å². The number of anilines is 1. The lowest BCUT2D eigenvalue weighted by Crippen LogP contribution is -2.08. The van der Waals surface area contributed by atoms with Crippen molar-refractivity contribution in [3.8, 4) is 5.75 Å². The average molecular weight is 221 g/mol. The minimum absolute atomic E-state index is 0.271. The van der Waals surface area contributed by atoms with Gasteiger partial charge in [-0.25, -0.2) is 4.39 Å². The summed E-state index contributed by atoms with van der Waals surface area (Å²) < 4.78 is 19.7. The van der Waals surface area contributed by atoms with E-state index in [0.717, 1.165) is 0 Å². The third-order valence-corrected chi connectivity index (χ3v) is 2.06. The van der Waals surface area contributed by atoms with Crippen molar-refractivity contribution in [2.45, 2.75) is 6.54 Å². The van der Waals surface area contributed by atoms with Crippen LogP contribution in [0.5, 0.6) is 5.75 Å². The fourth-order valence-corrected chi connectivity index (χ4v) is 1.29. The molecule has 16 heavy (non-hydrogen) atoms. The average Bonchev–Trinajstić information content (AvgIpc) is 2.67. The molecule has 4 nitrogen and oxygen atoms in total. The van der Waals surface area contributed by atoms with Gasteiger partial charge in [-0.15, -0.1) is 0 Å². The molecule has 0 amide bonds. The van der Waals surface area contributed by atoms with Gasteiger partial charge in [0.05, 0.1) is 18.4 Å². The zero-order valence-corrected chi connectivity index (χ0v) is 8.64. The third-order valence-electron chi connectivity index (χ3n) is 2.06. The number of hydrogen-bond acceptors (Lipinski definition) is 3. The standard InChI is InChI=1S/C11H12FN3O/c12-9-1-3-11(4-2-9)16-6-5-15-8-10(13)7-14-15/h1-4,7-8H,5-6,13H2. The number of ether oxygens (including phenoxy) is 1. The van der Waals surface area contributed by atoms with Gasteiger partial charge >= 0.3 is 0 Å². The Morgan fingerprint density at radius 1 is 1.31 bits per heavy atom. The molecule has 0 unspecified atom stereocenters. The molecule has 0 radical (unpaired) electrons. The Balaban J connectivity index is 1.82. The molecule has 0 spiro atoms. The molecule has 1 aromatic heterocycles. The highest BCUT2D eigenvalue weighted by molar-refractivity contribution is 5.30. The third kappa shape index (κ3) is 2.73. The van der Waals surface area contributed by atoms with E-state index in [0.29, 0.717) is 24.6 Å². The fraction of sp³-hybridized carbons (Fsp3) is 0.182. The molecule has 1 aromatic carbocycles. The van der Waals surface area contributed by atoms with Crippen LogP contribution >= 0.6 is 0 Å². The molecule has 0 atom stereocenters. The van der Waals surface area contributed by atoms with Crippen LogP contribution in [0, 0.1) is 5.82 Å². The molecular weight excluding hydrogens is 209 g/mol. The highest BCUT2D eigenvalue weighted by Gasteiger charge is 1.96. The number of nitrogen functional groups attached to an aromatic ring is 1. The molecule has 84 valence electrons. The SMILES string of the molecule is Nc1cnn(CCOc2ccc(F)cc2)c1. The first kappa shape index (κ1) is 10.5. The van der Waals surface area contributed by atoms with Crippen molar-refractivity contribution in [2.75, 3.05) is 12.3 Å². The minimum Gasteiger partial charge on any atom is -0.492 e. The summed E-state index contributed by atoms with van der Waals surface area (Å²) in [6, 6.07) is 5.90. The molecule has 0 saturated heterocycles. The summed E-state index contributed by atoms with van der Waals surface area (Å²) in [5.41, 5.74) is 6.14. The van der Waals surface area contributed by atoms with Crippen molar-refractivity contribution in [3.63, 3.8) is 0 Å². The Kier molecular flexibility index (Phi) is 3.05. The number of hydrogen-bond donors (Lipinski definition) is 1. The second-order valence-corrected chi connectivity index (χ2v) is 3.34. The van der Waals surface area contributed by atoms with Crippen LogP contribution in [0.25, 0.3) is 0 Å². The van der Waals surface area contributed by atoms with Crippen LogP contribution in [0.4, 0.5) is 10.1 Å². The van der Waals surface area contributed by atoms with Gasteiger partial charge in [-0.1, -0.05) is 0 Å². The van der Waals surface area contributed by atoms with Crippen molar-refractivity contribution in [1.82, 2.24) is 9.78 Å². The van der Waals surface area contributed by atoms with Gasteiger partial charge in [0.1, 0.15) is 18.2 Å². The van der Waals surface area contributed by atoms with Gasteiger partial charge in [-0.3, -0.25) is 4.68 Å². The molecule has 2 rings (SSSR count). The fourth-order valence-electron chi connectivity index (χ4n) is 1.29. The van der Waals surface area contributed by atoms with Gasteiger partial charge in [0, 0.05) is 6.20 Å². The van der Waals surface area contributed by atoms with Crippen molar-refractivity contribution in [3.05, 3.63) is 42.5 Å². The molecule has 0 fully saturated rings. The molecule has 0 saturated carbocycles. The topological polar surface area (TPSA) is 53.1 Å². The Labute approximate surface area is 92.4 Å². The van der Waals surface area contributed by atoms with E-state index < -0.39 is 0 Å². The van der Waals surface area contributed by atoms with Gasteiger partial charge in [0.15, 0.2) is 0 Å². The van der Waals surface area contributed by atoms with E-state index >= 15 is 0 Å². The van der Waals surface area contributed by atoms with Crippen LogP contribution in [0.15, 0.2) is 36.7 Å². The smallest absolute Gasteiger partial charge is 0.123 e. The zero-order chi connectivity index (χ0) is 11.4. The van der Waals surface area contributed by atoms with Crippen molar-refractivity contribution >= 4 is 5.69 Å². The summed E-state index contributed by atoms with van der Waals surface area (Å²) in [5.74, 6) is 0.369. The van der Waals surface area contributed by atoms with E-state index in [2.05, 4.69) is 5.10 Å². The van der Waals surface area contributed by atoms with Crippen LogP contribution < -0.4 is 10.5 Å². The molecule has 2 N–H and O–H groups in total. The van der Waals surface area contributed by atoms with E-state index in [1.165, 1.54) is 12.1 Å². The quantitative estimate of drug-likeness (QED) is 0.854. The Bertz CT molecular complexity index is 453. The number of nitrogens with two attached hydrogens (primary N) is 1. The first-order chi connectivity index (χ1) is 7.74. The van der Waals surface area contributed by atoms with E-state index in [-0.39, 0.29) is 5.82 Å². The summed E-state index contributed by atoms with van der Waals surface area (Å²) in [6.07, 6.45) is 3.31. The first-order valence-electron chi connectivity index (χ1n) is 4.90. The number of nitrogens with zero attached hydrogens (tertiary/aromatic N) is 2. The summed E-state index contributed by atoms with van der Waals surface area (Å²) in [6.45, 7) is 1.07. The molecule has 2 aromatic rings. The lowest BCUT2D eigenvalue weighted by molar-refractivity contribution is 0.291. The largest absolute Gasteiger partial charge is 0.492 e. The molecule has 0 bridgehead atoms. The summed E-state index contributed by atoms with van der Waals surface area (Å²) in [4.78, 5) is 0. The molecule has 5 heteroatoms. The second kappa shape index (κ2) is 4.65. The highest BCUT2D eigenvalue weighted by atomic mass is 19.1. The summed E-state index contributed by atoms with van der Waals surface area (Å²) in [5, 5.41) is 4.01. The lowest BCUT2D eigenvalue weighted by Gasteiger charge is -2.05. The maximum absolute atomic E-state index is 12.6. The van der Waals surface area contributed by atoms with Gasteiger partial charge in [0.25, 0.3) is 0 Å². The zero-order valence-electron chi connectivity index (χ0n) is 8.64. The maximum Gasteiger partial charge on any atom is 0.123 e. The van der Waals surface area contributed by atoms with E-state index in [1.807, 2.05) is 0 Å². The van der Waals surface area contributed by atoms with Crippen molar-refractivity contribution in [1.29, 1.82) is 0 Å². The van der Waals surface area contributed by atoms with E-state index in [4.69, 9.17) is 10.5 Å². The monoisotopic (exact) mass is 221 g/mol. The molecule has 0 aliphatic rings.